The van der Waals surface area contributed by atoms with Crippen LogP contribution in [-0.2, 0) is 10.8 Å². The fourth-order valence-electron chi connectivity index (χ4n) is 2.67. The molecular formula is C15H18N2O2S. The van der Waals surface area contributed by atoms with E-state index in [0.717, 1.165) is 10.9 Å². The van der Waals surface area contributed by atoms with Crippen LogP contribution >= 0.6 is 0 Å². The summed E-state index contributed by atoms with van der Waals surface area (Å²) in [6.07, 6.45) is 1.77. The Hall–Kier alpha value is -1.62. The lowest BCUT2D eigenvalue weighted by atomic mass is 10.1. The molecule has 1 amide bonds. The van der Waals surface area contributed by atoms with Crippen molar-refractivity contribution in [1.82, 2.24) is 9.88 Å². The molecular weight excluding hydrogens is 272 g/mol. The number of nitrogens with zero attached hydrogens (tertiary/aromatic N) is 1. The summed E-state index contributed by atoms with van der Waals surface area (Å²) in [5.74, 6) is 0.577. The summed E-state index contributed by atoms with van der Waals surface area (Å²) in [5.41, 5.74) is 1.67. The van der Waals surface area contributed by atoms with Gasteiger partial charge in [0.05, 0.1) is 10.3 Å². The monoisotopic (exact) mass is 290 g/mol. The number of rotatable bonds is 1. The molecule has 2 heterocycles. The average Bonchev–Trinajstić information content (AvgIpc) is 2.85. The number of hydrogen-bond acceptors (Lipinski definition) is 2. The Morgan fingerprint density at radius 1 is 1.35 bits per heavy atom. The summed E-state index contributed by atoms with van der Waals surface area (Å²) in [5, 5.41) is 0.946. The number of aromatic amines is 1. The molecule has 1 aromatic carbocycles. The number of fused-ring (bicyclic) bond motifs is 1. The maximum Gasteiger partial charge on any atom is 0.256 e. The van der Waals surface area contributed by atoms with E-state index < -0.39 is 10.8 Å². The van der Waals surface area contributed by atoms with Crippen molar-refractivity contribution < 1.29 is 9.00 Å². The first-order chi connectivity index (χ1) is 9.49. The van der Waals surface area contributed by atoms with Gasteiger partial charge in [-0.1, -0.05) is 18.2 Å². The Bertz CT molecular complexity index is 690. The first kappa shape index (κ1) is 13.4. The van der Waals surface area contributed by atoms with Crippen molar-refractivity contribution in [2.45, 2.75) is 18.6 Å². The SMILES string of the molecule is CC1(C)CN(C(=O)c2c[nH]c3ccccc23)CCS1=O. The van der Waals surface area contributed by atoms with E-state index >= 15 is 0 Å². The molecule has 1 atom stereocenters. The first-order valence-corrected chi connectivity index (χ1v) is 8.05. The van der Waals surface area contributed by atoms with Gasteiger partial charge in [0, 0.05) is 46.7 Å². The molecule has 5 heteroatoms. The molecule has 1 aromatic heterocycles. The van der Waals surface area contributed by atoms with Crippen LogP contribution in [0.15, 0.2) is 30.5 Å². The number of aromatic nitrogens is 1. The van der Waals surface area contributed by atoms with Gasteiger partial charge in [-0.3, -0.25) is 9.00 Å². The molecule has 2 aromatic rings. The summed E-state index contributed by atoms with van der Waals surface area (Å²) in [7, 11) is -0.863. The minimum absolute atomic E-state index is 0.0206. The highest BCUT2D eigenvalue weighted by atomic mass is 32.2. The van der Waals surface area contributed by atoms with E-state index in [1.165, 1.54) is 0 Å². The van der Waals surface area contributed by atoms with E-state index in [4.69, 9.17) is 0 Å². The predicted octanol–water partition coefficient (Wildman–Crippen LogP) is 2.15. The van der Waals surface area contributed by atoms with Crippen molar-refractivity contribution in [2.75, 3.05) is 18.8 Å². The summed E-state index contributed by atoms with van der Waals surface area (Å²) in [6, 6.07) is 7.79. The minimum atomic E-state index is -0.863. The largest absolute Gasteiger partial charge is 0.360 e. The lowest BCUT2D eigenvalue weighted by molar-refractivity contribution is 0.0748. The molecule has 3 rings (SSSR count). The van der Waals surface area contributed by atoms with Crippen molar-refractivity contribution in [2.24, 2.45) is 0 Å². The van der Waals surface area contributed by atoms with Gasteiger partial charge in [-0.15, -0.1) is 0 Å². The van der Waals surface area contributed by atoms with Crippen LogP contribution in [0.4, 0.5) is 0 Å². The Kier molecular flexibility index (Phi) is 3.17. The van der Waals surface area contributed by atoms with Crippen molar-refractivity contribution in [3.63, 3.8) is 0 Å². The van der Waals surface area contributed by atoms with Crippen molar-refractivity contribution >= 4 is 27.6 Å². The van der Waals surface area contributed by atoms with Crippen LogP contribution in [0.3, 0.4) is 0 Å². The van der Waals surface area contributed by atoms with Gasteiger partial charge in [0.15, 0.2) is 0 Å². The third kappa shape index (κ3) is 2.16. The zero-order chi connectivity index (χ0) is 14.3. The molecule has 0 aliphatic carbocycles. The van der Waals surface area contributed by atoms with Crippen molar-refractivity contribution in [1.29, 1.82) is 0 Å². The van der Waals surface area contributed by atoms with E-state index in [9.17, 15) is 9.00 Å². The van der Waals surface area contributed by atoms with E-state index in [1.54, 1.807) is 6.20 Å². The summed E-state index contributed by atoms with van der Waals surface area (Å²) >= 11 is 0. The maximum atomic E-state index is 12.7. The Morgan fingerprint density at radius 2 is 2.10 bits per heavy atom. The molecule has 1 fully saturated rings. The van der Waals surface area contributed by atoms with Gasteiger partial charge >= 0.3 is 0 Å². The van der Waals surface area contributed by atoms with Crippen LogP contribution in [0.1, 0.15) is 24.2 Å². The van der Waals surface area contributed by atoms with E-state index in [-0.39, 0.29) is 10.7 Å². The van der Waals surface area contributed by atoms with E-state index in [1.807, 2.05) is 43.0 Å². The molecule has 1 unspecified atom stereocenters. The number of benzene rings is 1. The number of nitrogens with one attached hydrogen (secondary N) is 1. The molecule has 1 saturated heterocycles. The van der Waals surface area contributed by atoms with Crippen LogP contribution in [0.2, 0.25) is 0 Å². The molecule has 106 valence electrons. The number of carbonyl (C=O) groups is 1. The molecule has 0 spiro atoms. The Morgan fingerprint density at radius 3 is 2.85 bits per heavy atom. The highest BCUT2D eigenvalue weighted by Gasteiger charge is 2.35. The molecule has 0 saturated carbocycles. The predicted molar refractivity (Wildman–Crippen MR) is 81.3 cm³/mol. The second kappa shape index (κ2) is 4.74. The lowest BCUT2D eigenvalue weighted by Crippen LogP contribution is -2.52. The highest BCUT2D eigenvalue weighted by molar-refractivity contribution is 7.86. The van der Waals surface area contributed by atoms with Crippen molar-refractivity contribution in [3.8, 4) is 0 Å². The molecule has 20 heavy (non-hydrogen) atoms. The average molecular weight is 290 g/mol. The number of amides is 1. The van der Waals surface area contributed by atoms with Gasteiger partial charge in [0.25, 0.3) is 5.91 Å². The van der Waals surface area contributed by atoms with Crippen LogP contribution in [0.5, 0.6) is 0 Å². The maximum absolute atomic E-state index is 12.7. The van der Waals surface area contributed by atoms with Crippen LogP contribution in [-0.4, -0.2) is 43.6 Å². The van der Waals surface area contributed by atoms with Gasteiger partial charge in [0.2, 0.25) is 0 Å². The molecule has 1 aliphatic heterocycles. The normalized spacial score (nSPS) is 22.1. The molecule has 0 radical (unpaired) electrons. The standard InChI is InChI=1S/C15H18N2O2S/c1-15(2)10-17(7-8-20(15)19)14(18)12-9-16-13-6-4-3-5-11(12)13/h3-6,9,16H,7-8,10H2,1-2H3. The zero-order valence-electron chi connectivity index (χ0n) is 11.7. The lowest BCUT2D eigenvalue weighted by Gasteiger charge is -2.37. The fourth-order valence-corrected chi connectivity index (χ4v) is 3.91. The van der Waals surface area contributed by atoms with Crippen LogP contribution in [0, 0.1) is 0 Å². The Balaban J connectivity index is 1.91. The summed E-state index contributed by atoms with van der Waals surface area (Å²) < 4.78 is 11.6. The molecule has 0 bridgehead atoms. The summed E-state index contributed by atoms with van der Waals surface area (Å²) in [6.45, 7) is 5.02. The number of hydrogen-bond donors (Lipinski definition) is 1. The van der Waals surface area contributed by atoms with Gasteiger partial charge < -0.3 is 9.88 Å². The fraction of sp³-hybridized carbons (Fsp3) is 0.400. The molecule has 4 nitrogen and oxygen atoms in total. The van der Waals surface area contributed by atoms with Gasteiger partial charge in [-0.25, -0.2) is 0 Å². The number of H-pyrrole nitrogens is 1. The van der Waals surface area contributed by atoms with Crippen LogP contribution in [0.25, 0.3) is 10.9 Å². The first-order valence-electron chi connectivity index (χ1n) is 6.73. The third-order valence-corrected chi connectivity index (χ3v) is 5.76. The third-order valence-electron chi connectivity index (χ3n) is 3.84. The van der Waals surface area contributed by atoms with Gasteiger partial charge in [0.1, 0.15) is 0 Å². The number of carbonyl (C=O) groups excluding carboxylic acids is 1. The quantitative estimate of drug-likeness (QED) is 0.875. The van der Waals surface area contributed by atoms with Gasteiger partial charge in [-0.2, -0.15) is 0 Å². The Labute approximate surface area is 120 Å². The second-order valence-electron chi connectivity index (χ2n) is 5.78. The minimum Gasteiger partial charge on any atom is -0.360 e. The number of para-hydroxylation sites is 1. The zero-order valence-corrected chi connectivity index (χ0v) is 12.5. The second-order valence-corrected chi connectivity index (χ2v) is 7.99. The van der Waals surface area contributed by atoms with E-state index in [0.29, 0.717) is 24.4 Å². The smallest absolute Gasteiger partial charge is 0.256 e. The molecule has 1 aliphatic rings. The van der Waals surface area contributed by atoms with E-state index in [2.05, 4.69) is 4.98 Å². The highest BCUT2D eigenvalue weighted by Crippen LogP contribution is 2.24. The van der Waals surface area contributed by atoms with Gasteiger partial charge in [-0.05, 0) is 19.9 Å². The molecule has 1 N–H and O–H groups in total. The summed E-state index contributed by atoms with van der Waals surface area (Å²) in [4.78, 5) is 17.6. The topological polar surface area (TPSA) is 53.2 Å². The van der Waals surface area contributed by atoms with Crippen molar-refractivity contribution in [3.05, 3.63) is 36.0 Å². The van der Waals surface area contributed by atoms with Crippen LogP contribution < -0.4 is 0 Å².